The molecule has 1 aromatic carbocycles. The van der Waals surface area contributed by atoms with Gasteiger partial charge in [0.1, 0.15) is 11.6 Å². The van der Waals surface area contributed by atoms with Crippen LogP contribution in [0.4, 0.5) is 8.78 Å². The van der Waals surface area contributed by atoms with Crippen LogP contribution >= 0.6 is 0 Å². The van der Waals surface area contributed by atoms with E-state index in [1.54, 1.807) is 23.0 Å². The van der Waals surface area contributed by atoms with Crippen LogP contribution in [0.2, 0.25) is 0 Å². The van der Waals surface area contributed by atoms with E-state index < -0.39 is 11.6 Å². The summed E-state index contributed by atoms with van der Waals surface area (Å²) < 4.78 is 28.7. The zero-order valence-electron chi connectivity index (χ0n) is 9.98. The average Bonchev–Trinajstić information content (AvgIpc) is 2.83. The number of aromatic nitrogens is 2. The predicted molar refractivity (Wildman–Crippen MR) is 68.4 cm³/mol. The van der Waals surface area contributed by atoms with Crippen LogP contribution in [0, 0.1) is 11.6 Å². The van der Waals surface area contributed by atoms with Gasteiger partial charge in [0.15, 0.2) is 0 Å². The van der Waals surface area contributed by atoms with Crippen molar-refractivity contribution in [3.05, 3.63) is 60.2 Å². The molecule has 0 atom stereocenters. The first-order valence-electron chi connectivity index (χ1n) is 5.79. The van der Waals surface area contributed by atoms with Crippen molar-refractivity contribution in [2.45, 2.75) is 6.54 Å². The molecule has 3 rings (SSSR count). The van der Waals surface area contributed by atoms with Gasteiger partial charge in [0.05, 0.1) is 12.0 Å². The fraction of sp³-hybridized carbons (Fsp3) is 0.0714. The lowest BCUT2D eigenvalue weighted by molar-refractivity contribution is 0.603. The third kappa shape index (κ3) is 2.08. The van der Waals surface area contributed by atoms with E-state index in [4.69, 9.17) is 5.73 Å². The summed E-state index contributed by atoms with van der Waals surface area (Å²) in [6, 6.07) is 7.00. The molecule has 0 aliphatic carbocycles. The second-order valence-corrected chi connectivity index (χ2v) is 4.27. The standard InChI is InChI=1S/C14H11F2N3/c15-10-1-2-14(16)13(4-10)9-3-12-5-11(6-17)18-8-19(12)7-9/h1-5,7-8H,6,17H2. The summed E-state index contributed by atoms with van der Waals surface area (Å²) in [6.45, 7) is 0.339. The Morgan fingerprint density at radius 2 is 2.00 bits per heavy atom. The lowest BCUT2D eigenvalue weighted by Crippen LogP contribution is -2.00. The van der Waals surface area contributed by atoms with Crippen molar-refractivity contribution in [2.24, 2.45) is 5.73 Å². The minimum absolute atomic E-state index is 0.234. The monoisotopic (exact) mass is 259 g/mol. The van der Waals surface area contributed by atoms with Gasteiger partial charge in [-0.25, -0.2) is 13.8 Å². The number of hydrogen-bond acceptors (Lipinski definition) is 2. The first kappa shape index (κ1) is 11.8. The smallest absolute Gasteiger partial charge is 0.131 e. The van der Waals surface area contributed by atoms with Gasteiger partial charge < -0.3 is 10.1 Å². The Morgan fingerprint density at radius 1 is 1.16 bits per heavy atom. The van der Waals surface area contributed by atoms with Crippen LogP contribution in [0.15, 0.2) is 42.9 Å². The average molecular weight is 259 g/mol. The van der Waals surface area contributed by atoms with Crippen molar-refractivity contribution in [1.29, 1.82) is 0 Å². The van der Waals surface area contributed by atoms with Gasteiger partial charge in [-0.1, -0.05) is 0 Å². The molecule has 2 heterocycles. The van der Waals surface area contributed by atoms with Crippen LogP contribution in [0.5, 0.6) is 0 Å². The van der Waals surface area contributed by atoms with Gasteiger partial charge >= 0.3 is 0 Å². The molecule has 3 nitrogen and oxygen atoms in total. The summed E-state index contributed by atoms with van der Waals surface area (Å²) in [5.41, 5.74) is 7.95. The topological polar surface area (TPSA) is 43.3 Å². The van der Waals surface area contributed by atoms with Gasteiger partial charge in [-0.15, -0.1) is 0 Å². The molecule has 96 valence electrons. The number of nitrogens with zero attached hydrogens (tertiary/aromatic N) is 2. The van der Waals surface area contributed by atoms with Crippen LogP contribution < -0.4 is 5.73 Å². The van der Waals surface area contributed by atoms with Crippen molar-refractivity contribution in [3.63, 3.8) is 0 Å². The zero-order valence-corrected chi connectivity index (χ0v) is 9.98. The molecular weight excluding hydrogens is 248 g/mol. The van der Waals surface area contributed by atoms with Crippen molar-refractivity contribution in [2.75, 3.05) is 0 Å². The molecule has 2 aromatic heterocycles. The number of hydrogen-bond donors (Lipinski definition) is 1. The fourth-order valence-corrected chi connectivity index (χ4v) is 2.03. The van der Waals surface area contributed by atoms with Crippen molar-refractivity contribution in [1.82, 2.24) is 9.38 Å². The number of benzene rings is 1. The molecule has 0 radical (unpaired) electrons. The highest BCUT2D eigenvalue weighted by molar-refractivity contribution is 5.70. The van der Waals surface area contributed by atoms with E-state index in [0.717, 1.165) is 23.3 Å². The van der Waals surface area contributed by atoms with E-state index in [-0.39, 0.29) is 5.56 Å². The highest BCUT2D eigenvalue weighted by atomic mass is 19.1. The Hall–Kier alpha value is -2.27. The third-order valence-corrected chi connectivity index (χ3v) is 2.99. The van der Waals surface area contributed by atoms with E-state index in [2.05, 4.69) is 4.98 Å². The normalized spacial score (nSPS) is 11.1. The number of nitrogens with two attached hydrogens (primary N) is 1. The van der Waals surface area contributed by atoms with Crippen molar-refractivity contribution >= 4 is 5.52 Å². The Labute approximate surface area is 108 Å². The van der Waals surface area contributed by atoms with Crippen molar-refractivity contribution < 1.29 is 8.78 Å². The van der Waals surface area contributed by atoms with Crippen LogP contribution in [0.3, 0.4) is 0 Å². The minimum Gasteiger partial charge on any atom is -0.325 e. The largest absolute Gasteiger partial charge is 0.325 e. The molecule has 0 unspecified atom stereocenters. The zero-order chi connectivity index (χ0) is 13.4. The molecule has 0 spiro atoms. The second-order valence-electron chi connectivity index (χ2n) is 4.27. The van der Waals surface area contributed by atoms with E-state index in [1.165, 1.54) is 6.07 Å². The molecule has 0 aliphatic heterocycles. The lowest BCUT2D eigenvalue weighted by Gasteiger charge is -1.99. The summed E-state index contributed by atoms with van der Waals surface area (Å²) in [4.78, 5) is 4.14. The SMILES string of the molecule is NCc1cc2cc(-c3cc(F)ccc3F)cn2cn1. The highest BCUT2D eigenvalue weighted by Gasteiger charge is 2.09. The van der Waals surface area contributed by atoms with Gasteiger partial charge in [0, 0.05) is 29.4 Å². The maximum atomic E-state index is 13.7. The molecule has 0 amide bonds. The van der Waals surface area contributed by atoms with E-state index >= 15 is 0 Å². The maximum Gasteiger partial charge on any atom is 0.131 e. The Bertz CT molecular complexity index is 750. The molecule has 5 heteroatoms. The van der Waals surface area contributed by atoms with E-state index in [1.807, 2.05) is 6.07 Å². The third-order valence-electron chi connectivity index (χ3n) is 2.99. The molecule has 0 aliphatic rings. The van der Waals surface area contributed by atoms with Crippen LogP contribution in [0.25, 0.3) is 16.6 Å². The van der Waals surface area contributed by atoms with Crippen LogP contribution in [-0.4, -0.2) is 9.38 Å². The summed E-state index contributed by atoms with van der Waals surface area (Å²) >= 11 is 0. The fourth-order valence-electron chi connectivity index (χ4n) is 2.03. The molecule has 0 fully saturated rings. The maximum absolute atomic E-state index is 13.7. The molecule has 19 heavy (non-hydrogen) atoms. The van der Waals surface area contributed by atoms with Gasteiger partial charge in [-0.05, 0) is 30.3 Å². The lowest BCUT2D eigenvalue weighted by atomic mass is 10.1. The first-order chi connectivity index (χ1) is 9.17. The van der Waals surface area contributed by atoms with Crippen LogP contribution in [-0.2, 0) is 6.54 Å². The second kappa shape index (κ2) is 4.44. The minimum atomic E-state index is -0.465. The molecule has 0 saturated carbocycles. The van der Waals surface area contributed by atoms with Gasteiger partial charge in [0.25, 0.3) is 0 Å². The molecule has 2 N–H and O–H groups in total. The van der Waals surface area contributed by atoms with Gasteiger partial charge in [-0.2, -0.15) is 0 Å². The Morgan fingerprint density at radius 3 is 2.79 bits per heavy atom. The quantitative estimate of drug-likeness (QED) is 0.769. The van der Waals surface area contributed by atoms with Crippen LogP contribution in [0.1, 0.15) is 5.69 Å². The number of fused-ring (bicyclic) bond motifs is 1. The number of halogens is 2. The first-order valence-corrected chi connectivity index (χ1v) is 5.79. The molecular formula is C14H11F2N3. The van der Waals surface area contributed by atoms with Gasteiger partial charge in [-0.3, -0.25) is 0 Å². The van der Waals surface area contributed by atoms with Crippen molar-refractivity contribution in [3.8, 4) is 11.1 Å². The summed E-state index contributed by atoms with van der Waals surface area (Å²) in [5, 5.41) is 0. The number of rotatable bonds is 2. The molecule has 3 aromatic rings. The highest BCUT2D eigenvalue weighted by Crippen LogP contribution is 2.26. The molecule has 0 saturated heterocycles. The van der Waals surface area contributed by atoms with E-state index in [9.17, 15) is 8.78 Å². The summed E-state index contributed by atoms with van der Waals surface area (Å²) in [7, 11) is 0. The predicted octanol–water partition coefficient (Wildman–Crippen LogP) is 2.74. The summed E-state index contributed by atoms with van der Waals surface area (Å²) in [5.74, 6) is -0.920. The Balaban J connectivity index is 2.17. The van der Waals surface area contributed by atoms with E-state index in [0.29, 0.717) is 12.1 Å². The molecule has 0 bridgehead atoms. The Kier molecular flexibility index (Phi) is 2.76. The van der Waals surface area contributed by atoms with Gasteiger partial charge in [0.2, 0.25) is 0 Å². The summed E-state index contributed by atoms with van der Waals surface area (Å²) in [6.07, 6.45) is 3.32.